The van der Waals surface area contributed by atoms with Gasteiger partial charge in [-0.15, -0.1) is 11.3 Å². The third kappa shape index (κ3) is 2.35. The van der Waals surface area contributed by atoms with Crippen LogP contribution in [-0.4, -0.2) is 27.7 Å². The van der Waals surface area contributed by atoms with Gasteiger partial charge in [-0.3, -0.25) is 4.79 Å². The number of hydrogen-bond acceptors (Lipinski definition) is 5. The van der Waals surface area contributed by atoms with Crippen molar-refractivity contribution >= 4 is 39.2 Å². The molecule has 3 rings (SSSR count). The van der Waals surface area contributed by atoms with E-state index < -0.39 is 0 Å². The van der Waals surface area contributed by atoms with E-state index in [0.29, 0.717) is 0 Å². The monoisotopic (exact) mass is 279 g/mol. The molecule has 6 heteroatoms. The van der Waals surface area contributed by atoms with Gasteiger partial charge in [-0.25, -0.2) is 9.97 Å². The molecule has 1 atom stereocenters. The van der Waals surface area contributed by atoms with E-state index in [1.807, 2.05) is 11.4 Å². The summed E-state index contributed by atoms with van der Waals surface area (Å²) in [4.78, 5) is 20.5. The molecule has 18 heavy (non-hydrogen) atoms. The molecule has 0 saturated carbocycles. The van der Waals surface area contributed by atoms with E-state index in [9.17, 15) is 4.79 Å². The Labute approximate surface area is 113 Å². The fourth-order valence-electron chi connectivity index (χ4n) is 2.01. The maximum absolute atomic E-state index is 11.9. The lowest BCUT2D eigenvalue weighted by molar-refractivity contribution is -0.120. The Morgan fingerprint density at radius 3 is 3.28 bits per heavy atom. The number of nitrogens with one attached hydrogen (secondary N) is 1. The number of amides is 1. The van der Waals surface area contributed by atoms with Crippen LogP contribution in [0.2, 0.25) is 0 Å². The first-order chi connectivity index (χ1) is 8.84. The number of rotatable bonds is 2. The topological polar surface area (TPSA) is 54.9 Å². The molecule has 2 aromatic heterocycles. The van der Waals surface area contributed by atoms with E-state index in [-0.39, 0.29) is 11.2 Å². The number of carbonyl (C=O) groups excluding carboxylic acids is 1. The maximum Gasteiger partial charge on any atom is 0.233 e. The number of thiophene rings is 1. The summed E-state index contributed by atoms with van der Waals surface area (Å²) in [6.07, 6.45) is 4.66. The van der Waals surface area contributed by atoms with Gasteiger partial charge in [0.2, 0.25) is 5.91 Å². The molecular formula is C12H13N3OS2. The summed E-state index contributed by atoms with van der Waals surface area (Å²) in [5.41, 5.74) is 0.964. The number of carbonyl (C=O) groups is 1. The molecule has 1 fully saturated rings. The summed E-state index contributed by atoms with van der Waals surface area (Å²) in [5.74, 6) is 0.140. The molecule has 1 N–H and O–H groups in total. The van der Waals surface area contributed by atoms with Crippen molar-refractivity contribution in [2.24, 2.45) is 0 Å². The lowest BCUT2D eigenvalue weighted by Crippen LogP contribution is -2.30. The van der Waals surface area contributed by atoms with Gasteiger partial charge in [0.05, 0.1) is 15.5 Å². The lowest BCUT2D eigenvalue weighted by atomic mass is 10.2. The molecule has 2 aromatic rings. The van der Waals surface area contributed by atoms with E-state index in [1.165, 1.54) is 0 Å². The molecule has 0 radical (unpaired) electrons. The van der Waals surface area contributed by atoms with Gasteiger partial charge in [-0.05, 0) is 24.3 Å². The minimum Gasteiger partial charge on any atom is -0.355 e. The molecule has 1 aliphatic rings. The van der Waals surface area contributed by atoms with Crippen LogP contribution in [0.3, 0.4) is 0 Å². The van der Waals surface area contributed by atoms with Crippen molar-refractivity contribution in [3.05, 3.63) is 17.8 Å². The predicted octanol–water partition coefficient (Wildman–Crippen LogP) is 2.45. The largest absolute Gasteiger partial charge is 0.355 e. The van der Waals surface area contributed by atoms with Gasteiger partial charge >= 0.3 is 0 Å². The van der Waals surface area contributed by atoms with Gasteiger partial charge < -0.3 is 5.32 Å². The van der Waals surface area contributed by atoms with Crippen molar-refractivity contribution in [3.8, 4) is 0 Å². The molecule has 1 amide bonds. The van der Waals surface area contributed by atoms with E-state index in [2.05, 4.69) is 15.3 Å². The first-order valence-electron chi connectivity index (χ1n) is 5.97. The van der Waals surface area contributed by atoms with Gasteiger partial charge in [-0.2, -0.15) is 0 Å². The van der Waals surface area contributed by atoms with E-state index in [4.69, 9.17) is 0 Å². The van der Waals surface area contributed by atoms with Gasteiger partial charge in [0.25, 0.3) is 0 Å². The van der Waals surface area contributed by atoms with Crippen molar-refractivity contribution in [2.45, 2.75) is 29.5 Å². The Kier molecular flexibility index (Phi) is 3.47. The first-order valence-corrected chi connectivity index (χ1v) is 7.73. The zero-order chi connectivity index (χ0) is 12.4. The third-order valence-electron chi connectivity index (χ3n) is 2.95. The van der Waals surface area contributed by atoms with Gasteiger partial charge in [0.1, 0.15) is 11.4 Å². The standard InChI is InChI=1S/C12H13N3OS2/c16-11-9(3-1-2-5-13-11)18-12-10-8(4-6-17-10)14-7-15-12/h4,6-7,9H,1-3,5H2,(H,13,16)/t9-/m0/s1. The van der Waals surface area contributed by atoms with Gasteiger partial charge in [-0.1, -0.05) is 18.2 Å². The van der Waals surface area contributed by atoms with Crippen LogP contribution < -0.4 is 5.32 Å². The van der Waals surface area contributed by atoms with E-state index in [1.54, 1.807) is 29.4 Å². The summed E-state index contributed by atoms with van der Waals surface area (Å²) < 4.78 is 1.08. The van der Waals surface area contributed by atoms with Crippen LogP contribution in [0.5, 0.6) is 0 Å². The number of thioether (sulfide) groups is 1. The zero-order valence-corrected chi connectivity index (χ0v) is 11.4. The highest BCUT2D eigenvalue weighted by Crippen LogP contribution is 2.33. The van der Waals surface area contributed by atoms with Crippen molar-refractivity contribution in [1.29, 1.82) is 0 Å². The summed E-state index contributed by atoms with van der Waals surface area (Å²) in [6, 6.07) is 1.99. The Hall–Kier alpha value is -1.14. The fraction of sp³-hybridized carbons (Fsp3) is 0.417. The van der Waals surface area contributed by atoms with Gasteiger partial charge in [0.15, 0.2) is 0 Å². The lowest BCUT2D eigenvalue weighted by Gasteiger charge is -2.11. The summed E-state index contributed by atoms with van der Waals surface area (Å²) in [7, 11) is 0. The quantitative estimate of drug-likeness (QED) is 0.858. The number of aromatic nitrogens is 2. The zero-order valence-electron chi connectivity index (χ0n) is 9.76. The van der Waals surface area contributed by atoms with E-state index >= 15 is 0 Å². The van der Waals surface area contributed by atoms with Crippen LogP contribution in [0.25, 0.3) is 10.2 Å². The third-order valence-corrected chi connectivity index (χ3v) is 5.26. The first kappa shape index (κ1) is 11.9. The molecule has 3 heterocycles. The summed E-state index contributed by atoms with van der Waals surface area (Å²) >= 11 is 3.20. The second-order valence-corrected chi connectivity index (χ2v) is 6.31. The number of fused-ring (bicyclic) bond motifs is 1. The number of nitrogens with zero attached hydrogens (tertiary/aromatic N) is 2. The fourth-order valence-corrected chi connectivity index (χ4v) is 4.09. The molecule has 0 aliphatic carbocycles. The molecule has 4 nitrogen and oxygen atoms in total. The highest BCUT2D eigenvalue weighted by Gasteiger charge is 2.23. The maximum atomic E-state index is 11.9. The van der Waals surface area contributed by atoms with Crippen molar-refractivity contribution in [1.82, 2.24) is 15.3 Å². The minimum atomic E-state index is -0.0206. The molecular weight excluding hydrogens is 266 g/mol. The molecule has 0 spiro atoms. The second-order valence-electron chi connectivity index (χ2n) is 4.21. The Morgan fingerprint density at radius 1 is 1.39 bits per heavy atom. The highest BCUT2D eigenvalue weighted by molar-refractivity contribution is 8.00. The van der Waals surface area contributed by atoms with Crippen LogP contribution >= 0.6 is 23.1 Å². The van der Waals surface area contributed by atoms with Crippen LogP contribution in [0.4, 0.5) is 0 Å². The molecule has 0 unspecified atom stereocenters. The minimum absolute atomic E-state index is 0.0206. The van der Waals surface area contributed by atoms with Crippen molar-refractivity contribution < 1.29 is 4.79 Å². The van der Waals surface area contributed by atoms with Crippen molar-refractivity contribution in [3.63, 3.8) is 0 Å². The highest BCUT2D eigenvalue weighted by atomic mass is 32.2. The molecule has 94 valence electrons. The Balaban J connectivity index is 1.86. The van der Waals surface area contributed by atoms with Crippen molar-refractivity contribution in [2.75, 3.05) is 6.54 Å². The molecule has 1 saturated heterocycles. The SMILES string of the molecule is O=C1NCCCC[C@@H]1Sc1ncnc2ccsc12. The molecule has 0 bridgehead atoms. The summed E-state index contributed by atoms with van der Waals surface area (Å²) in [6.45, 7) is 0.800. The Morgan fingerprint density at radius 2 is 2.33 bits per heavy atom. The van der Waals surface area contributed by atoms with Crippen LogP contribution in [0.15, 0.2) is 22.8 Å². The Bertz CT molecular complexity index is 569. The second kappa shape index (κ2) is 5.24. The average molecular weight is 279 g/mol. The predicted molar refractivity (Wildman–Crippen MR) is 73.9 cm³/mol. The number of hydrogen-bond donors (Lipinski definition) is 1. The van der Waals surface area contributed by atoms with Crippen LogP contribution in [0, 0.1) is 0 Å². The normalized spacial score (nSPS) is 20.7. The average Bonchev–Trinajstić information content (AvgIpc) is 2.77. The van der Waals surface area contributed by atoms with Crippen LogP contribution in [0.1, 0.15) is 19.3 Å². The van der Waals surface area contributed by atoms with E-state index in [0.717, 1.165) is 41.0 Å². The smallest absolute Gasteiger partial charge is 0.233 e. The van der Waals surface area contributed by atoms with Crippen LogP contribution in [-0.2, 0) is 4.79 Å². The molecule has 0 aromatic carbocycles. The van der Waals surface area contributed by atoms with Gasteiger partial charge in [0, 0.05) is 6.54 Å². The summed E-state index contributed by atoms with van der Waals surface area (Å²) in [5, 5.41) is 5.87. The molecule has 1 aliphatic heterocycles.